The topological polar surface area (TPSA) is 87.1 Å². The van der Waals surface area contributed by atoms with E-state index in [9.17, 15) is 9.59 Å². The summed E-state index contributed by atoms with van der Waals surface area (Å²) in [4.78, 5) is 25.6. The Morgan fingerprint density at radius 2 is 2.37 bits per heavy atom. The first-order valence-corrected chi connectivity index (χ1v) is 6.34. The van der Waals surface area contributed by atoms with E-state index in [-0.39, 0.29) is 5.91 Å². The van der Waals surface area contributed by atoms with E-state index in [0.29, 0.717) is 29.1 Å². The van der Waals surface area contributed by atoms with Gasteiger partial charge in [-0.1, -0.05) is 0 Å². The fourth-order valence-electron chi connectivity index (χ4n) is 2.31. The normalized spacial score (nSPS) is 18.8. The number of aromatic amines is 1. The van der Waals surface area contributed by atoms with Gasteiger partial charge in [-0.25, -0.2) is 4.79 Å². The van der Waals surface area contributed by atoms with Crippen molar-refractivity contribution in [2.45, 2.75) is 6.42 Å². The molecule has 1 amide bonds. The van der Waals surface area contributed by atoms with Crippen molar-refractivity contribution in [1.29, 1.82) is 0 Å². The van der Waals surface area contributed by atoms with Crippen molar-refractivity contribution in [2.75, 3.05) is 19.6 Å². The second-order valence-corrected chi connectivity index (χ2v) is 4.79. The Bertz CT molecular complexity index is 652. The highest BCUT2D eigenvalue weighted by Crippen LogP contribution is 2.12. The molecule has 0 aliphatic carbocycles. The smallest absolute Gasteiger partial charge is 0.408 e. The zero-order chi connectivity index (χ0) is 13.2. The van der Waals surface area contributed by atoms with Gasteiger partial charge in [-0.15, -0.1) is 0 Å². The van der Waals surface area contributed by atoms with Gasteiger partial charge < -0.3 is 15.1 Å². The molecule has 6 nitrogen and oxygen atoms in total. The van der Waals surface area contributed by atoms with Gasteiger partial charge in [-0.05, 0) is 43.6 Å². The molecule has 19 heavy (non-hydrogen) atoms. The molecule has 1 unspecified atom stereocenters. The lowest BCUT2D eigenvalue weighted by Crippen LogP contribution is -2.30. The number of benzene rings is 1. The number of oxazole rings is 1. The van der Waals surface area contributed by atoms with Gasteiger partial charge in [0.05, 0.1) is 5.52 Å². The summed E-state index contributed by atoms with van der Waals surface area (Å²) < 4.78 is 4.94. The predicted molar refractivity (Wildman–Crippen MR) is 70.1 cm³/mol. The molecule has 1 atom stereocenters. The third-order valence-electron chi connectivity index (χ3n) is 3.40. The number of H-pyrrole nitrogens is 1. The van der Waals surface area contributed by atoms with Gasteiger partial charge in [-0.2, -0.15) is 0 Å². The van der Waals surface area contributed by atoms with Crippen LogP contribution in [0.1, 0.15) is 16.8 Å². The Balaban J connectivity index is 1.71. The molecule has 1 saturated heterocycles. The average molecular weight is 261 g/mol. The standard InChI is InChI=1S/C13H15N3O3/c17-12(15-7-8-3-4-14-6-8)9-1-2-10-11(5-9)19-13(18)16-10/h1-2,5,8,14H,3-4,6-7H2,(H,15,17)(H,16,18). The number of carbonyl (C=O) groups excluding carboxylic acids is 1. The van der Waals surface area contributed by atoms with Gasteiger partial charge in [0.25, 0.3) is 5.91 Å². The second-order valence-electron chi connectivity index (χ2n) is 4.79. The Labute approximate surface area is 109 Å². The molecule has 3 N–H and O–H groups in total. The van der Waals surface area contributed by atoms with Crippen LogP contribution in [0.2, 0.25) is 0 Å². The second kappa shape index (κ2) is 4.89. The van der Waals surface area contributed by atoms with Crippen LogP contribution in [0.25, 0.3) is 11.1 Å². The minimum Gasteiger partial charge on any atom is -0.408 e. The molecular formula is C13H15N3O3. The van der Waals surface area contributed by atoms with Gasteiger partial charge in [-0.3, -0.25) is 9.78 Å². The third kappa shape index (κ3) is 2.53. The summed E-state index contributed by atoms with van der Waals surface area (Å²) in [5.74, 6) is -0.153. The van der Waals surface area contributed by atoms with Gasteiger partial charge >= 0.3 is 5.76 Å². The maximum atomic E-state index is 12.0. The van der Waals surface area contributed by atoms with E-state index in [1.807, 2.05) is 0 Å². The van der Waals surface area contributed by atoms with Crippen molar-refractivity contribution in [3.63, 3.8) is 0 Å². The highest BCUT2D eigenvalue weighted by molar-refractivity contribution is 5.96. The van der Waals surface area contributed by atoms with Gasteiger partial charge in [0.15, 0.2) is 5.58 Å². The molecule has 0 radical (unpaired) electrons. The number of hydrogen-bond acceptors (Lipinski definition) is 4. The molecule has 1 aromatic carbocycles. The molecule has 1 aromatic heterocycles. The summed E-state index contributed by atoms with van der Waals surface area (Å²) in [5, 5.41) is 6.16. The van der Waals surface area contributed by atoms with E-state index >= 15 is 0 Å². The number of rotatable bonds is 3. The number of amides is 1. The zero-order valence-electron chi connectivity index (χ0n) is 10.4. The average Bonchev–Trinajstić information content (AvgIpc) is 3.02. The Hall–Kier alpha value is -2.08. The van der Waals surface area contributed by atoms with E-state index in [0.717, 1.165) is 19.5 Å². The Morgan fingerprint density at radius 3 is 3.16 bits per heavy atom. The minimum absolute atomic E-state index is 0.141. The van der Waals surface area contributed by atoms with E-state index < -0.39 is 5.76 Å². The molecule has 2 aromatic rings. The largest absolute Gasteiger partial charge is 0.417 e. The van der Waals surface area contributed by atoms with E-state index in [4.69, 9.17) is 4.42 Å². The third-order valence-corrected chi connectivity index (χ3v) is 3.40. The van der Waals surface area contributed by atoms with E-state index in [1.165, 1.54) is 0 Å². The predicted octanol–water partition coefficient (Wildman–Crippen LogP) is 0.460. The molecule has 3 rings (SSSR count). The summed E-state index contributed by atoms with van der Waals surface area (Å²) >= 11 is 0. The lowest BCUT2D eigenvalue weighted by atomic mass is 10.1. The molecule has 0 bridgehead atoms. The highest BCUT2D eigenvalue weighted by Gasteiger charge is 2.16. The Kier molecular flexibility index (Phi) is 3.08. The van der Waals surface area contributed by atoms with Crippen molar-refractivity contribution < 1.29 is 9.21 Å². The van der Waals surface area contributed by atoms with Crippen LogP contribution in [0.5, 0.6) is 0 Å². The summed E-state index contributed by atoms with van der Waals surface area (Å²) in [7, 11) is 0. The fraction of sp³-hybridized carbons (Fsp3) is 0.385. The first-order chi connectivity index (χ1) is 9.22. The lowest BCUT2D eigenvalue weighted by molar-refractivity contribution is 0.0948. The highest BCUT2D eigenvalue weighted by atomic mass is 16.4. The molecule has 2 heterocycles. The molecule has 100 valence electrons. The van der Waals surface area contributed by atoms with Crippen molar-refractivity contribution in [3.05, 3.63) is 34.3 Å². The first kappa shape index (κ1) is 12.0. The van der Waals surface area contributed by atoms with Crippen molar-refractivity contribution in [3.8, 4) is 0 Å². The maximum absolute atomic E-state index is 12.0. The molecule has 0 saturated carbocycles. The van der Waals surface area contributed by atoms with Crippen LogP contribution in [0.3, 0.4) is 0 Å². The van der Waals surface area contributed by atoms with Crippen molar-refractivity contribution >= 4 is 17.0 Å². The quantitative estimate of drug-likeness (QED) is 0.749. The molecular weight excluding hydrogens is 246 g/mol. The summed E-state index contributed by atoms with van der Waals surface area (Å²) in [6, 6.07) is 4.93. The van der Waals surface area contributed by atoms with Gasteiger partial charge in [0.2, 0.25) is 0 Å². The van der Waals surface area contributed by atoms with Crippen LogP contribution < -0.4 is 16.4 Å². The van der Waals surface area contributed by atoms with E-state index in [1.54, 1.807) is 18.2 Å². The number of hydrogen-bond donors (Lipinski definition) is 3. The molecule has 1 aliphatic heterocycles. The number of fused-ring (bicyclic) bond motifs is 1. The van der Waals surface area contributed by atoms with Crippen LogP contribution in [0.4, 0.5) is 0 Å². The fourth-order valence-corrected chi connectivity index (χ4v) is 2.31. The first-order valence-electron chi connectivity index (χ1n) is 6.34. The summed E-state index contributed by atoms with van der Waals surface area (Å²) in [6.07, 6.45) is 1.09. The van der Waals surface area contributed by atoms with Crippen molar-refractivity contribution in [2.24, 2.45) is 5.92 Å². The summed E-state index contributed by atoms with van der Waals surface area (Å²) in [5.41, 5.74) is 1.50. The van der Waals surface area contributed by atoms with Crippen LogP contribution in [0, 0.1) is 5.92 Å². The minimum atomic E-state index is -0.510. The molecule has 1 aliphatic rings. The van der Waals surface area contributed by atoms with Crippen LogP contribution in [0.15, 0.2) is 27.4 Å². The monoisotopic (exact) mass is 261 g/mol. The molecule has 1 fully saturated rings. The lowest BCUT2D eigenvalue weighted by Gasteiger charge is -2.09. The summed E-state index contributed by atoms with van der Waals surface area (Å²) in [6.45, 7) is 2.63. The van der Waals surface area contributed by atoms with Crippen LogP contribution in [-0.2, 0) is 0 Å². The number of aromatic nitrogens is 1. The van der Waals surface area contributed by atoms with Gasteiger partial charge in [0.1, 0.15) is 0 Å². The Morgan fingerprint density at radius 1 is 1.47 bits per heavy atom. The number of carbonyl (C=O) groups is 1. The van der Waals surface area contributed by atoms with Crippen molar-refractivity contribution in [1.82, 2.24) is 15.6 Å². The zero-order valence-corrected chi connectivity index (χ0v) is 10.4. The number of nitrogens with one attached hydrogen (secondary N) is 3. The maximum Gasteiger partial charge on any atom is 0.417 e. The van der Waals surface area contributed by atoms with E-state index in [2.05, 4.69) is 15.6 Å². The molecule has 0 spiro atoms. The van der Waals surface area contributed by atoms with Crippen LogP contribution in [-0.4, -0.2) is 30.5 Å². The molecule has 6 heteroatoms. The SMILES string of the molecule is O=C(NCC1CCNC1)c1ccc2[nH]c(=O)oc2c1. The van der Waals surface area contributed by atoms with Crippen LogP contribution >= 0.6 is 0 Å². The van der Waals surface area contributed by atoms with Gasteiger partial charge in [0, 0.05) is 12.1 Å².